The van der Waals surface area contributed by atoms with Crippen LogP contribution in [-0.4, -0.2) is 59.7 Å². The van der Waals surface area contributed by atoms with Gasteiger partial charge in [-0.25, -0.2) is 13.1 Å². The van der Waals surface area contributed by atoms with Crippen molar-refractivity contribution in [2.75, 3.05) is 45.2 Å². The van der Waals surface area contributed by atoms with Crippen LogP contribution in [-0.2, 0) is 22.9 Å². The summed E-state index contributed by atoms with van der Waals surface area (Å²) in [5.41, 5.74) is 5.23. The minimum Gasteiger partial charge on any atom is -0.495 e. The molecule has 1 aliphatic carbocycles. The van der Waals surface area contributed by atoms with Crippen molar-refractivity contribution in [3.63, 3.8) is 0 Å². The smallest absolute Gasteiger partial charge is 0.244 e. The number of likely N-dealkylation sites (N-methyl/N-ethyl adjacent to an activating group) is 1. The Kier molecular flexibility index (Phi) is 6.62. The highest BCUT2D eigenvalue weighted by atomic mass is 79.9. The number of benzene rings is 2. The predicted molar refractivity (Wildman–Crippen MR) is 128 cm³/mol. The molecule has 1 aliphatic heterocycles. The summed E-state index contributed by atoms with van der Waals surface area (Å²) < 4.78 is 35.4. The summed E-state index contributed by atoms with van der Waals surface area (Å²) >= 11 is 3.37. The lowest BCUT2D eigenvalue weighted by Crippen LogP contribution is -2.45. The Labute approximate surface area is 193 Å². The summed E-state index contributed by atoms with van der Waals surface area (Å²) in [5.74, 6) is 0.348. The first-order chi connectivity index (χ1) is 14.8. The topological polar surface area (TPSA) is 61.9 Å². The second-order valence-electron chi connectivity index (χ2n) is 8.51. The van der Waals surface area contributed by atoms with Gasteiger partial charge in [0.15, 0.2) is 0 Å². The molecule has 1 atom stereocenters. The van der Waals surface area contributed by atoms with Crippen LogP contribution >= 0.6 is 15.9 Å². The average molecular weight is 508 g/mol. The minimum atomic E-state index is -3.71. The Hall–Kier alpha value is -1.61. The molecule has 168 valence electrons. The molecule has 2 aliphatic rings. The Morgan fingerprint density at radius 3 is 2.55 bits per heavy atom. The van der Waals surface area contributed by atoms with Crippen molar-refractivity contribution >= 4 is 31.6 Å². The summed E-state index contributed by atoms with van der Waals surface area (Å²) in [5, 5.41) is 0. The molecule has 6 nitrogen and oxygen atoms in total. The van der Waals surface area contributed by atoms with Crippen molar-refractivity contribution in [2.45, 2.75) is 37.1 Å². The molecule has 1 saturated heterocycles. The van der Waals surface area contributed by atoms with Gasteiger partial charge in [0.25, 0.3) is 0 Å². The van der Waals surface area contributed by atoms with Gasteiger partial charge in [0.1, 0.15) is 10.6 Å². The van der Waals surface area contributed by atoms with Crippen molar-refractivity contribution in [3.8, 4) is 5.75 Å². The number of rotatable bonds is 5. The maximum Gasteiger partial charge on any atom is 0.244 e. The number of nitrogens with zero attached hydrogens (tertiary/aromatic N) is 2. The van der Waals surface area contributed by atoms with Gasteiger partial charge in [-0.3, -0.25) is 0 Å². The molecule has 1 N–H and O–H groups in total. The number of halogens is 1. The van der Waals surface area contributed by atoms with Gasteiger partial charge >= 0.3 is 0 Å². The van der Waals surface area contributed by atoms with E-state index in [1.54, 1.807) is 18.2 Å². The third-order valence-electron chi connectivity index (χ3n) is 6.41. The van der Waals surface area contributed by atoms with Crippen molar-refractivity contribution in [1.29, 1.82) is 0 Å². The molecule has 0 amide bonds. The van der Waals surface area contributed by atoms with Gasteiger partial charge in [0, 0.05) is 42.4 Å². The van der Waals surface area contributed by atoms with Crippen molar-refractivity contribution < 1.29 is 13.2 Å². The zero-order valence-corrected chi connectivity index (χ0v) is 20.7. The normalized spacial score (nSPS) is 19.9. The largest absolute Gasteiger partial charge is 0.495 e. The molecule has 0 spiro atoms. The van der Waals surface area contributed by atoms with Crippen LogP contribution in [0.15, 0.2) is 39.7 Å². The van der Waals surface area contributed by atoms with Crippen LogP contribution < -0.4 is 14.4 Å². The minimum absolute atomic E-state index is 0.144. The number of fused-ring (bicyclic) bond motifs is 1. The van der Waals surface area contributed by atoms with E-state index in [-0.39, 0.29) is 10.9 Å². The first-order valence-corrected chi connectivity index (χ1v) is 13.0. The van der Waals surface area contributed by atoms with E-state index >= 15 is 0 Å². The van der Waals surface area contributed by atoms with Crippen molar-refractivity contribution in [2.24, 2.45) is 0 Å². The molecular weight excluding hydrogens is 478 g/mol. The summed E-state index contributed by atoms with van der Waals surface area (Å²) in [6.07, 6.45) is 2.37. The van der Waals surface area contributed by atoms with Crippen LogP contribution in [0.4, 0.5) is 5.69 Å². The Bertz CT molecular complexity index is 1070. The molecule has 4 rings (SSSR count). The highest BCUT2D eigenvalue weighted by molar-refractivity contribution is 9.10. The number of hydrogen-bond acceptors (Lipinski definition) is 5. The lowest BCUT2D eigenvalue weighted by molar-refractivity contribution is 0.312. The molecule has 0 bridgehead atoms. The number of sulfonamides is 1. The second kappa shape index (κ2) is 9.10. The number of aryl methyl sites for hydroxylation is 1. The van der Waals surface area contributed by atoms with Gasteiger partial charge in [-0.05, 0) is 74.2 Å². The first-order valence-electron chi connectivity index (χ1n) is 10.7. The molecule has 31 heavy (non-hydrogen) atoms. The van der Waals surface area contributed by atoms with Gasteiger partial charge in [-0.15, -0.1) is 0 Å². The first kappa shape index (κ1) is 22.6. The fourth-order valence-corrected chi connectivity index (χ4v) is 6.61. The molecule has 0 radical (unpaired) electrons. The van der Waals surface area contributed by atoms with Gasteiger partial charge in [0.2, 0.25) is 10.0 Å². The lowest BCUT2D eigenvalue weighted by atomic mass is 9.84. The molecule has 1 fully saturated rings. The average Bonchev–Trinajstić information content (AvgIpc) is 2.74. The predicted octanol–water partition coefficient (Wildman–Crippen LogP) is 3.35. The van der Waals surface area contributed by atoms with Crippen LogP contribution in [0.5, 0.6) is 5.75 Å². The van der Waals surface area contributed by atoms with Gasteiger partial charge in [0.05, 0.1) is 7.11 Å². The number of ether oxygens (including phenoxy) is 1. The van der Waals surface area contributed by atoms with E-state index in [4.69, 9.17) is 4.74 Å². The van der Waals surface area contributed by atoms with Gasteiger partial charge < -0.3 is 14.5 Å². The van der Waals surface area contributed by atoms with Gasteiger partial charge in [-0.1, -0.05) is 22.0 Å². The molecule has 1 heterocycles. The summed E-state index contributed by atoms with van der Waals surface area (Å²) in [6, 6.07) is 9.33. The molecular formula is C23H30BrN3O3S. The quantitative estimate of drug-likeness (QED) is 0.672. The maximum atomic E-state index is 13.2. The van der Waals surface area contributed by atoms with Crippen LogP contribution in [0.1, 0.15) is 23.1 Å². The van der Waals surface area contributed by atoms with Crippen LogP contribution in [0.3, 0.4) is 0 Å². The second-order valence-corrected chi connectivity index (χ2v) is 11.1. The maximum absolute atomic E-state index is 13.2. The molecule has 2 aromatic rings. The number of nitrogens with one attached hydrogen (secondary N) is 1. The number of hydrogen-bond donors (Lipinski definition) is 1. The molecule has 0 aromatic heterocycles. The lowest BCUT2D eigenvalue weighted by Gasteiger charge is -2.37. The Balaban J connectivity index is 1.60. The monoisotopic (exact) mass is 507 g/mol. The number of piperazine rings is 1. The van der Waals surface area contributed by atoms with Crippen LogP contribution in [0, 0.1) is 6.92 Å². The Morgan fingerprint density at radius 1 is 1.10 bits per heavy atom. The fraction of sp³-hybridized carbons (Fsp3) is 0.478. The van der Waals surface area contributed by atoms with E-state index < -0.39 is 10.0 Å². The number of methoxy groups -OCH3 is 1. The number of anilines is 1. The SMILES string of the molecule is COc1ccc(Br)cc1S(=O)(=O)N[C@@H]1CCc2c(C)ccc(N3CCN(C)CC3)c2C1. The van der Waals surface area contributed by atoms with E-state index in [9.17, 15) is 8.42 Å². The highest BCUT2D eigenvalue weighted by Gasteiger charge is 2.30. The van der Waals surface area contributed by atoms with Crippen LogP contribution in [0.2, 0.25) is 0 Å². The third kappa shape index (κ3) is 4.77. The summed E-state index contributed by atoms with van der Waals surface area (Å²) in [7, 11) is -0.0621. The van der Waals surface area contributed by atoms with E-state index in [2.05, 4.69) is 56.6 Å². The molecule has 8 heteroatoms. The highest BCUT2D eigenvalue weighted by Crippen LogP contribution is 2.34. The summed E-state index contributed by atoms with van der Waals surface area (Å²) in [4.78, 5) is 4.96. The zero-order valence-electron chi connectivity index (χ0n) is 18.3. The van der Waals surface area contributed by atoms with E-state index in [1.807, 2.05) is 0 Å². The standard InChI is InChI=1S/C23H30BrN3O3S/c1-16-4-8-21(27-12-10-26(2)11-13-27)20-15-18(6-7-19(16)20)25-31(28,29)23-14-17(24)5-9-22(23)30-3/h4-5,8-9,14,18,25H,6-7,10-13,15H2,1-3H3/t18-/m1/s1. The van der Waals surface area contributed by atoms with Crippen molar-refractivity contribution in [1.82, 2.24) is 9.62 Å². The third-order valence-corrected chi connectivity index (χ3v) is 8.45. The fourth-order valence-electron chi connectivity index (χ4n) is 4.63. The molecule has 0 saturated carbocycles. The van der Waals surface area contributed by atoms with Crippen molar-refractivity contribution in [3.05, 3.63) is 51.5 Å². The zero-order chi connectivity index (χ0) is 22.2. The van der Waals surface area contributed by atoms with Crippen LogP contribution in [0.25, 0.3) is 0 Å². The van der Waals surface area contributed by atoms with E-state index in [0.717, 1.165) is 39.0 Å². The Morgan fingerprint density at radius 2 is 1.84 bits per heavy atom. The van der Waals surface area contributed by atoms with Gasteiger partial charge in [-0.2, -0.15) is 0 Å². The van der Waals surface area contributed by atoms with E-state index in [0.29, 0.717) is 16.6 Å². The molecule has 2 aromatic carbocycles. The molecule has 0 unspecified atom stereocenters. The van der Waals surface area contributed by atoms with E-state index in [1.165, 1.54) is 29.5 Å². The summed E-state index contributed by atoms with van der Waals surface area (Å²) in [6.45, 7) is 6.24.